The summed E-state index contributed by atoms with van der Waals surface area (Å²) in [5.41, 5.74) is 1.16. The molecular formula is C27H30N4O3S. The molecule has 1 aliphatic heterocycles. The van der Waals surface area contributed by atoms with Gasteiger partial charge in [-0.25, -0.2) is 13.4 Å². The Bertz CT molecular complexity index is 1380. The molecule has 0 unspecified atom stereocenters. The smallest absolute Gasteiger partial charge is 0.243 e. The van der Waals surface area contributed by atoms with Gasteiger partial charge in [-0.3, -0.25) is 4.90 Å². The lowest BCUT2D eigenvalue weighted by Gasteiger charge is -2.31. The van der Waals surface area contributed by atoms with E-state index in [2.05, 4.69) is 34.0 Å². The molecule has 0 saturated carbocycles. The molecule has 1 saturated heterocycles. The van der Waals surface area contributed by atoms with E-state index in [9.17, 15) is 8.42 Å². The number of hydrogen-bond acceptors (Lipinski definition) is 5. The van der Waals surface area contributed by atoms with Crippen LogP contribution in [0.5, 0.6) is 5.75 Å². The zero-order valence-electron chi connectivity index (χ0n) is 19.8. The van der Waals surface area contributed by atoms with Gasteiger partial charge in [-0.1, -0.05) is 42.5 Å². The largest absolute Gasteiger partial charge is 0.490 e. The van der Waals surface area contributed by atoms with E-state index in [1.54, 1.807) is 22.6 Å². The molecule has 3 aromatic carbocycles. The monoisotopic (exact) mass is 490 g/mol. The van der Waals surface area contributed by atoms with E-state index in [-0.39, 0.29) is 6.10 Å². The summed E-state index contributed by atoms with van der Waals surface area (Å²) in [4.78, 5) is 9.94. The van der Waals surface area contributed by atoms with Crippen molar-refractivity contribution in [1.82, 2.24) is 19.2 Å². The first-order chi connectivity index (χ1) is 17.0. The minimum absolute atomic E-state index is 0.00541. The van der Waals surface area contributed by atoms with Crippen molar-refractivity contribution in [2.75, 3.05) is 20.1 Å². The summed E-state index contributed by atoms with van der Waals surface area (Å²) >= 11 is 0. The van der Waals surface area contributed by atoms with E-state index in [1.807, 2.05) is 48.7 Å². The molecule has 0 atom stereocenters. The van der Waals surface area contributed by atoms with Gasteiger partial charge in [0, 0.05) is 32.0 Å². The van der Waals surface area contributed by atoms with E-state index in [0.717, 1.165) is 41.0 Å². The number of nitrogens with one attached hydrogen (secondary N) is 1. The Morgan fingerprint density at radius 2 is 1.80 bits per heavy atom. The fourth-order valence-electron chi connectivity index (χ4n) is 4.58. The summed E-state index contributed by atoms with van der Waals surface area (Å²) in [5.74, 6) is 1.76. The van der Waals surface area contributed by atoms with Crippen molar-refractivity contribution < 1.29 is 13.2 Å². The highest BCUT2D eigenvalue weighted by molar-refractivity contribution is 7.89. The van der Waals surface area contributed by atoms with E-state index >= 15 is 0 Å². The van der Waals surface area contributed by atoms with Crippen molar-refractivity contribution in [2.24, 2.45) is 0 Å². The van der Waals surface area contributed by atoms with Gasteiger partial charge in [-0.2, -0.15) is 4.31 Å². The Hall–Kier alpha value is -3.20. The quantitative estimate of drug-likeness (QED) is 0.395. The molecule has 1 aromatic heterocycles. The number of nitrogens with zero attached hydrogens (tertiary/aromatic N) is 3. The Morgan fingerprint density at radius 3 is 2.57 bits per heavy atom. The number of ether oxygens (including phenoxy) is 1. The topological polar surface area (TPSA) is 78.5 Å². The molecule has 0 radical (unpaired) electrons. The maximum absolute atomic E-state index is 13.2. The predicted molar refractivity (Wildman–Crippen MR) is 137 cm³/mol. The van der Waals surface area contributed by atoms with Crippen LogP contribution in [0.25, 0.3) is 10.8 Å². The van der Waals surface area contributed by atoms with Crippen LogP contribution in [0.15, 0.2) is 84.0 Å². The van der Waals surface area contributed by atoms with Gasteiger partial charge in [0.25, 0.3) is 0 Å². The highest BCUT2D eigenvalue weighted by Crippen LogP contribution is 2.26. The van der Waals surface area contributed by atoms with Gasteiger partial charge in [-0.05, 0) is 60.5 Å². The maximum Gasteiger partial charge on any atom is 0.243 e. The van der Waals surface area contributed by atoms with Crippen molar-refractivity contribution >= 4 is 20.8 Å². The average molecular weight is 491 g/mol. The molecule has 0 spiro atoms. The predicted octanol–water partition coefficient (Wildman–Crippen LogP) is 4.43. The second-order valence-corrected chi connectivity index (χ2v) is 11.0. The van der Waals surface area contributed by atoms with Crippen LogP contribution in [-0.4, -0.2) is 53.8 Å². The molecular weight excluding hydrogens is 460 g/mol. The second-order valence-electron chi connectivity index (χ2n) is 9.09. The summed E-state index contributed by atoms with van der Waals surface area (Å²) in [6, 6.07) is 21.3. The lowest BCUT2D eigenvalue weighted by Crippen LogP contribution is -2.41. The Kier molecular flexibility index (Phi) is 6.86. The van der Waals surface area contributed by atoms with Gasteiger partial charge in [0.15, 0.2) is 0 Å². The molecule has 1 aliphatic rings. The number of imidazole rings is 1. The molecule has 0 bridgehead atoms. The van der Waals surface area contributed by atoms with Crippen LogP contribution in [-0.2, 0) is 23.1 Å². The van der Waals surface area contributed by atoms with Crippen molar-refractivity contribution in [1.29, 1.82) is 0 Å². The number of rotatable bonds is 8. The second kappa shape index (κ2) is 10.2. The zero-order valence-corrected chi connectivity index (χ0v) is 20.6. The van der Waals surface area contributed by atoms with Crippen LogP contribution in [0, 0.1) is 0 Å². The SMILES string of the molecule is CN(Cc1cccc(OC2CCN(S(=O)(=O)c3ccc4ccccc4c3)CC2)c1)Cc1ncc[nH]1. The van der Waals surface area contributed by atoms with Gasteiger partial charge >= 0.3 is 0 Å². The molecule has 35 heavy (non-hydrogen) atoms. The summed E-state index contributed by atoms with van der Waals surface area (Å²) in [7, 11) is -1.47. The lowest BCUT2D eigenvalue weighted by atomic mass is 10.1. The van der Waals surface area contributed by atoms with Gasteiger partial charge in [0.1, 0.15) is 17.7 Å². The highest BCUT2D eigenvalue weighted by Gasteiger charge is 2.30. The molecule has 5 rings (SSSR count). The molecule has 1 fully saturated rings. The molecule has 0 amide bonds. The summed E-state index contributed by atoms with van der Waals surface area (Å²) < 4.78 is 34.3. The summed E-state index contributed by atoms with van der Waals surface area (Å²) in [6.07, 6.45) is 4.91. The van der Waals surface area contributed by atoms with E-state index in [0.29, 0.717) is 30.8 Å². The lowest BCUT2D eigenvalue weighted by molar-refractivity contribution is 0.135. The highest BCUT2D eigenvalue weighted by atomic mass is 32.2. The standard InChI is InChI=1S/C27H30N4O3S/c1-30(20-27-28-13-14-29-27)19-21-5-4-8-25(17-21)34-24-11-15-31(16-12-24)35(32,33)26-10-9-22-6-2-3-7-23(22)18-26/h2-10,13-14,17-18,24H,11-12,15-16,19-20H2,1H3,(H,28,29). The van der Waals surface area contributed by atoms with Crippen LogP contribution in [0.1, 0.15) is 24.2 Å². The van der Waals surface area contributed by atoms with E-state index in [4.69, 9.17) is 4.74 Å². The van der Waals surface area contributed by atoms with Crippen molar-refractivity contribution in [2.45, 2.75) is 36.9 Å². The van der Waals surface area contributed by atoms with Crippen molar-refractivity contribution in [3.05, 3.63) is 90.5 Å². The molecule has 4 aromatic rings. The van der Waals surface area contributed by atoms with Crippen molar-refractivity contribution in [3.63, 3.8) is 0 Å². The minimum Gasteiger partial charge on any atom is -0.490 e. The van der Waals surface area contributed by atoms with Gasteiger partial charge < -0.3 is 9.72 Å². The molecule has 0 aliphatic carbocycles. The van der Waals surface area contributed by atoms with Gasteiger partial charge in [0.05, 0.1) is 11.4 Å². The van der Waals surface area contributed by atoms with Crippen LogP contribution >= 0.6 is 0 Å². The van der Waals surface area contributed by atoms with Crippen molar-refractivity contribution in [3.8, 4) is 5.75 Å². The first kappa shape index (κ1) is 23.5. The first-order valence-electron chi connectivity index (χ1n) is 11.9. The van der Waals surface area contributed by atoms with Crippen LogP contribution in [0.3, 0.4) is 0 Å². The van der Waals surface area contributed by atoms with Crippen LogP contribution in [0.2, 0.25) is 0 Å². The first-order valence-corrected chi connectivity index (χ1v) is 13.3. The number of H-pyrrole nitrogens is 1. The van der Waals surface area contributed by atoms with Gasteiger partial charge in [0.2, 0.25) is 10.0 Å². The molecule has 8 heteroatoms. The summed E-state index contributed by atoms with van der Waals surface area (Å²) in [5, 5.41) is 1.97. The molecule has 182 valence electrons. The number of sulfonamides is 1. The number of fused-ring (bicyclic) bond motifs is 1. The van der Waals surface area contributed by atoms with E-state index < -0.39 is 10.0 Å². The minimum atomic E-state index is -3.53. The zero-order chi connectivity index (χ0) is 24.3. The van der Waals surface area contributed by atoms with Crippen LogP contribution < -0.4 is 4.74 Å². The number of hydrogen-bond donors (Lipinski definition) is 1. The normalized spacial score (nSPS) is 15.6. The maximum atomic E-state index is 13.2. The number of piperidine rings is 1. The number of aromatic nitrogens is 2. The van der Waals surface area contributed by atoms with Crippen LogP contribution in [0.4, 0.5) is 0 Å². The third kappa shape index (κ3) is 5.56. The van der Waals surface area contributed by atoms with E-state index in [1.165, 1.54) is 0 Å². The fraction of sp³-hybridized carbons (Fsp3) is 0.296. The molecule has 1 N–H and O–H groups in total. The number of aromatic amines is 1. The molecule has 7 nitrogen and oxygen atoms in total. The average Bonchev–Trinajstić information content (AvgIpc) is 3.37. The third-order valence-electron chi connectivity index (χ3n) is 6.39. The Labute approximate surface area is 206 Å². The van der Waals surface area contributed by atoms with Gasteiger partial charge in [-0.15, -0.1) is 0 Å². The molecule has 2 heterocycles. The number of benzene rings is 3. The Morgan fingerprint density at radius 1 is 1.00 bits per heavy atom. The third-order valence-corrected chi connectivity index (χ3v) is 8.28. The Balaban J connectivity index is 1.18. The fourth-order valence-corrected chi connectivity index (χ4v) is 6.09. The summed E-state index contributed by atoms with van der Waals surface area (Å²) in [6.45, 7) is 2.42.